The van der Waals surface area contributed by atoms with E-state index in [4.69, 9.17) is 11.6 Å². The van der Waals surface area contributed by atoms with Gasteiger partial charge >= 0.3 is 6.18 Å². The lowest BCUT2D eigenvalue weighted by Gasteiger charge is -2.05. The van der Waals surface area contributed by atoms with Gasteiger partial charge in [0.2, 0.25) is 5.15 Å². The van der Waals surface area contributed by atoms with Gasteiger partial charge in [0.05, 0.1) is 11.7 Å². The van der Waals surface area contributed by atoms with E-state index in [1.807, 2.05) is 0 Å². The minimum Gasteiger partial charge on any atom is -0.465 e. The van der Waals surface area contributed by atoms with Crippen molar-refractivity contribution in [2.75, 3.05) is 6.61 Å². The first-order chi connectivity index (χ1) is 5.49. The molecule has 68 valence electrons. The quantitative estimate of drug-likeness (QED) is 0.763. The number of halogens is 4. The molecule has 0 atom stereocenters. The Kier molecular flexibility index (Phi) is 2.73. The Bertz CT molecular complexity index is 263. The van der Waals surface area contributed by atoms with Gasteiger partial charge in [0, 0.05) is 0 Å². The van der Waals surface area contributed by atoms with E-state index in [0.29, 0.717) is 11.7 Å². The van der Waals surface area contributed by atoms with E-state index in [1.165, 1.54) is 0 Å². The lowest BCUT2D eigenvalue weighted by molar-refractivity contribution is -0.153. The van der Waals surface area contributed by atoms with Crippen molar-refractivity contribution in [3.05, 3.63) is 5.15 Å². The minimum absolute atomic E-state index is 0.149. The van der Waals surface area contributed by atoms with Crippen LogP contribution in [-0.4, -0.2) is 21.5 Å². The molecule has 0 amide bonds. The molecule has 3 nitrogen and oxygen atoms in total. The summed E-state index contributed by atoms with van der Waals surface area (Å²) in [5, 5.41) is -0.149. The summed E-state index contributed by atoms with van der Waals surface area (Å²) < 4.78 is 45.7. The predicted octanol–water partition coefficient (Wildman–Crippen LogP) is 2.13. The molecule has 0 fully saturated rings. The highest BCUT2D eigenvalue weighted by atomic mass is 35.5. The van der Waals surface area contributed by atoms with E-state index in [-0.39, 0.29) is 11.0 Å². The molecule has 0 bridgehead atoms. The third kappa shape index (κ3) is 2.82. The number of rotatable bonds is 2. The summed E-state index contributed by atoms with van der Waals surface area (Å²) in [5.74, 6) is -0.279. The highest BCUT2D eigenvalue weighted by Gasteiger charge is 2.29. The first kappa shape index (κ1) is 9.53. The Balaban J connectivity index is 2.49. The van der Waals surface area contributed by atoms with Gasteiger partial charge in [-0.15, -0.1) is 4.37 Å². The molecule has 0 aliphatic rings. The highest BCUT2D eigenvalue weighted by Crippen LogP contribution is 2.23. The topological polar surface area (TPSA) is 35.0 Å². The average Bonchev–Trinajstić information content (AvgIpc) is 2.29. The van der Waals surface area contributed by atoms with Crippen LogP contribution in [0.15, 0.2) is 0 Å². The summed E-state index contributed by atoms with van der Waals surface area (Å²) in [7, 11) is 0. The number of hydrogen-bond donors (Lipinski definition) is 0. The van der Waals surface area contributed by atoms with Crippen molar-refractivity contribution in [1.29, 1.82) is 0 Å². The Morgan fingerprint density at radius 3 is 2.50 bits per heavy atom. The molecule has 8 heteroatoms. The van der Waals surface area contributed by atoms with Gasteiger partial charge in [-0.05, 0) is 0 Å². The van der Waals surface area contributed by atoms with Gasteiger partial charge in [0.15, 0.2) is 6.61 Å². The van der Waals surface area contributed by atoms with Gasteiger partial charge in [-0.2, -0.15) is 17.5 Å². The number of ether oxygens (including phenoxy) is 1. The van der Waals surface area contributed by atoms with Crippen LogP contribution in [0.5, 0.6) is 5.88 Å². The van der Waals surface area contributed by atoms with Crippen molar-refractivity contribution in [2.24, 2.45) is 0 Å². The number of nitrogens with zero attached hydrogens (tertiary/aromatic N) is 2. The van der Waals surface area contributed by atoms with E-state index < -0.39 is 12.8 Å². The summed E-state index contributed by atoms with van der Waals surface area (Å²) in [6, 6.07) is 0. The van der Waals surface area contributed by atoms with Crippen LogP contribution in [0.1, 0.15) is 0 Å². The molecule has 0 aliphatic heterocycles. The first-order valence-corrected chi connectivity index (χ1v) is 3.77. The molecule has 0 N–H and O–H groups in total. The third-order valence-electron chi connectivity index (χ3n) is 0.794. The standard InChI is InChI=1S/C4H2ClF3N2OS/c5-2-3(10-12-9-2)11-1-4(6,7)8/h1H2. The van der Waals surface area contributed by atoms with Gasteiger partial charge in [0.25, 0.3) is 5.88 Å². The second-order valence-corrected chi connectivity index (χ2v) is 2.65. The predicted molar refractivity (Wildman–Crippen MR) is 36.5 cm³/mol. The number of alkyl halides is 3. The zero-order chi connectivity index (χ0) is 9.19. The molecule has 0 aliphatic carbocycles. The molecule has 12 heavy (non-hydrogen) atoms. The second-order valence-electron chi connectivity index (χ2n) is 1.76. The Morgan fingerprint density at radius 2 is 2.08 bits per heavy atom. The van der Waals surface area contributed by atoms with E-state index >= 15 is 0 Å². The summed E-state index contributed by atoms with van der Waals surface area (Å²) in [6.07, 6.45) is -4.38. The molecule has 1 aromatic heterocycles. The average molecular weight is 219 g/mol. The van der Waals surface area contributed by atoms with Crippen LogP contribution in [0.2, 0.25) is 5.15 Å². The van der Waals surface area contributed by atoms with Crippen molar-refractivity contribution in [3.8, 4) is 5.88 Å². The van der Waals surface area contributed by atoms with Crippen LogP contribution in [0.25, 0.3) is 0 Å². The smallest absolute Gasteiger partial charge is 0.422 e. The van der Waals surface area contributed by atoms with Crippen molar-refractivity contribution >= 4 is 23.3 Å². The lowest BCUT2D eigenvalue weighted by Crippen LogP contribution is -2.19. The van der Waals surface area contributed by atoms with E-state index in [9.17, 15) is 13.2 Å². The van der Waals surface area contributed by atoms with Crippen molar-refractivity contribution in [2.45, 2.75) is 6.18 Å². The van der Waals surface area contributed by atoms with Crippen LogP contribution in [0.3, 0.4) is 0 Å². The molecule has 1 aromatic rings. The molecule has 0 spiro atoms. The summed E-state index contributed by atoms with van der Waals surface area (Å²) >= 11 is 6.01. The number of aromatic nitrogens is 2. The summed E-state index contributed by atoms with van der Waals surface area (Å²) in [5.41, 5.74) is 0. The SMILES string of the molecule is FC(F)(F)COc1nsnc1Cl. The monoisotopic (exact) mass is 218 g/mol. The molecular weight excluding hydrogens is 217 g/mol. The maximum Gasteiger partial charge on any atom is 0.422 e. The van der Waals surface area contributed by atoms with E-state index in [0.717, 1.165) is 0 Å². The summed E-state index contributed by atoms with van der Waals surface area (Å²) in [4.78, 5) is 0. The van der Waals surface area contributed by atoms with Gasteiger partial charge in [-0.3, -0.25) is 0 Å². The highest BCUT2D eigenvalue weighted by molar-refractivity contribution is 6.99. The van der Waals surface area contributed by atoms with Crippen LogP contribution >= 0.6 is 23.3 Å². The zero-order valence-electron chi connectivity index (χ0n) is 5.43. The molecule has 0 saturated heterocycles. The first-order valence-electron chi connectivity index (χ1n) is 2.66. The second kappa shape index (κ2) is 3.44. The molecule has 1 heterocycles. The Labute approximate surface area is 74.4 Å². The number of hydrogen-bond acceptors (Lipinski definition) is 4. The summed E-state index contributed by atoms with van der Waals surface area (Å²) in [6.45, 7) is -1.40. The lowest BCUT2D eigenvalue weighted by atomic mass is 10.7. The molecule has 1 rings (SSSR count). The van der Waals surface area contributed by atoms with Gasteiger partial charge in [0.1, 0.15) is 0 Å². The maximum absolute atomic E-state index is 11.6. The van der Waals surface area contributed by atoms with Crippen molar-refractivity contribution in [3.63, 3.8) is 0 Å². The van der Waals surface area contributed by atoms with Crippen LogP contribution in [0, 0.1) is 0 Å². The van der Waals surface area contributed by atoms with Gasteiger partial charge < -0.3 is 4.74 Å². The third-order valence-corrected chi connectivity index (χ3v) is 1.65. The zero-order valence-corrected chi connectivity index (χ0v) is 7.00. The largest absolute Gasteiger partial charge is 0.465 e. The van der Waals surface area contributed by atoms with Crippen LogP contribution < -0.4 is 4.74 Å². The van der Waals surface area contributed by atoms with E-state index in [1.54, 1.807) is 0 Å². The van der Waals surface area contributed by atoms with Crippen LogP contribution in [0.4, 0.5) is 13.2 Å². The minimum atomic E-state index is -4.38. The molecule has 0 saturated carbocycles. The fourth-order valence-corrected chi connectivity index (χ4v) is 1.05. The Morgan fingerprint density at radius 1 is 1.42 bits per heavy atom. The van der Waals surface area contributed by atoms with Gasteiger partial charge in [-0.1, -0.05) is 11.6 Å². The van der Waals surface area contributed by atoms with Crippen LogP contribution in [-0.2, 0) is 0 Å². The Hall–Kier alpha value is -0.560. The van der Waals surface area contributed by atoms with E-state index in [2.05, 4.69) is 13.5 Å². The van der Waals surface area contributed by atoms with Gasteiger partial charge in [-0.25, -0.2) is 0 Å². The molecular formula is C4H2ClF3N2OS. The fourth-order valence-electron chi connectivity index (χ4n) is 0.406. The molecule has 0 aromatic carbocycles. The fraction of sp³-hybridized carbons (Fsp3) is 0.500. The van der Waals surface area contributed by atoms with Crippen molar-refractivity contribution in [1.82, 2.24) is 8.75 Å². The van der Waals surface area contributed by atoms with Crippen molar-refractivity contribution < 1.29 is 17.9 Å². The molecule has 0 unspecified atom stereocenters. The normalized spacial score (nSPS) is 11.7. The maximum atomic E-state index is 11.6. The molecule has 0 radical (unpaired) electrons.